The molecule has 0 spiro atoms. The first kappa shape index (κ1) is 21.1. The molecule has 1 aromatic heterocycles. The van der Waals surface area contributed by atoms with Gasteiger partial charge in [0.25, 0.3) is 5.91 Å². The van der Waals surface area contributed by atoms with Gasteiger partial charge in [0, 0.05) is 16.3 Å². The van der Waals surface area contributed by atoms with Crippen LogP contribution in [0.25, 0.3) is 0 Å². The summed E-state index contributed by atoms with van der Waals surface area (Å²) in [5, 5.41) is 14.4. The zero-order valence-electron chi connectivity index (χ0n) is 15.6. The van der Waals surface area contributed by atoms with E-state index in [2.05, 4.69) is 20.8 Å². The summed E-state index contributed by atoms with van der Waals surface area (Å²) < 4.78 is 5.69. The zero-order chi connectivity index (χ0) is 20.8. The Morgan fingerprint density at radius 1 is 1.17 bits per heavy atom. The van der Waals surface area contributed by atoms with Gasteiger partial charge in [0.2, 0.25) is 11.0 Å². The van der Waals surface area contributed by atoms with E-state index in [0.717, 1.165) is 5.56 Å². The molecule has 7 nitrogen and oxygen atoms in total. The van der Waals surface area contributed by atoms with Crippen molar-refractivity contribution in [1.29, 1.82) is 0 Å². The molecule has 0 aliphatic rings. The highest BCUT2D eigenvalue weighted by Crippen LogP contribution is 2.26. The minimum Gasteiger partial charge on any atom is -0.497 e. The van der Waals surface area contributed by atoms with Gasteiger partial charge >= 0.3 is 0 Å². The standard InChI is InChI=1S/C19H17ClN4O3S2/c1-11-6-7-13(9-15(11)20)21-16(25)10-28-19-24-23-18(29-19)22-17(26)12-4-3-5-14(8-12)27-2/h3-9H,10H2,1-2H3,(H,21,25)(H,22,23,26). The number of rotatable bonds is 7. The van der Waals surface area contributed by atoms with E-state index in [1.807, 2.05) is 13.0 Å². The Bertz CT molecular complexity index is 1040. The number of nitrogens with one attached hydrogen (secondary N) is 2. The number of anilines is 2. The van der Waals surface area contributed by atoms with Crippen molar-refractivity contribution >= 4 is 57.3 Å². The van der Waals surface area contributed by atoms with Crippen molar-refractivity contribution < 1.29 is 14.3 Å². The van der Waals surface area contributed by atoms with Gasteiger partial charge in [-0.2, -0.15) is 0 Å². The number of carbonyl (C=O) groups is 2. The number of amides is 2. The minimum atomic E-state index is -0.314. The Morgan fingerprint density at radius 2 is 2.00 bits per heavy atom. The average molecular weight is 449 g/mol. The Kier molecular flexibility index (Phi) is 7.08. The molecule has 0 unspecified atom stereocenters. The molecule has 0 saturated heterocycles. The number of hydrogen-bond acceptors (Lipinski definition) is 7. The Hall–Kier alpha value is -2.62. The van der Waals surface area contributed by atoms with Crippen LogP contribution in [0.5, 0.6) is 5.75 Å². The molecule has 150 valence electrons. The third-order valence-electron chi connectivity index (χ3n) is 3.74. The summed E-state index contributed by atoms with van der Waals surface area (Å²) in [6, 6.07) is 12.1. The molecule has 0 saturated carbocycles. The quantitative estimate of drug-likeness (QED) is 0.408. The Morgan fingerprint density at radius 3 is 2.76 bits per heavy atom. The molecule has 0 aliphatic carbocycles. The number of methoxy groups -OCH3 is 1. The third-order valence-corrected chi connectivity index (χ3v) is 6.12. The van der Waals surface area contributed by atoms with E-state index in [4.69, 9.17) is 16.3 Å². The third kappa shape index (κ3) is 5.93. The zero-order valence-corrected chi connectivity index (χ0v) is 18.0. The van der Waals surface area contributed by atoms with Crippen LogP contribution in [0.1, 0.15) is 15.9 Å². The first-order valence-electron chi connectivity index (χ1n) is 8.42. The van der Waals surface area contributed by atoms with Gasteiger partial charge in [-0.1, -0.05) is 46.8 Å². The van der Waals surface area contributed by atoms with Gasteiger partial charge in [-0.25, -0.2) is 0 Å². The largest absolute Gasteiger partial charge is 0.497 e. The van der Waals surface area contributed by atoms with Crippen molar-refractivity contribution in [2.24, 2.45) is 0 Å². The summed E-state index contributed by atoms with van der Waals surface area (Å²) in [5.41, 5.74) is 2.02. The van der Waals surface area contributed by atoms with E-state index < -0.39 is 0 Å². The molecular weight excluding hydrogens is 432 g/mol. The molecular formula is C19H17ClN4O3S2. The Balaban J connectivity index is 1.52. The second-order valence-corrected chi connectivity index (χ2v) is 8.47. The highest BCUT2D eigenvalue weighted by Gasteiger charge is 2.13. The topological polar surface area (TPSA) is 93.2 Å². The van der Waals surface area contributed by atoms with Crippen molar-refractivity contribution in [2.45, 2.75) is 11.3 Å². The maximum absolute atomic E-state index is 12.3. The van der Waals surface area contributed by atoms with Crippen LogP contribution in [-0.4, -0.2) is 34.9 Å². The number of ether oxygens (including phenoxy) is 1. The average Bonchev–Trinajstić information content (AvgIpc) is 3.16. The molecule has 2 amide bonds. The number of benzene rings is 2. The van der Waals surface area contributed by atoms with E-state index in [1.165, 1.54) is 30.2 Å². The fraction of sp³-hybridized carbons (Fsp3) is 0.158. The Labute approximate surface area is 180 Å². The summed E-state index contributed by atoms with van der Waals surface area (Å²) >= 11 is 8.49. The lowest BCUT2D eigenvalue weighted by atomic mass is 10.2. The highest BCUT2D eigenvalue weighted by atomic mass is 35.5. The molecule has 0 bridgehead atoms. The van der Waals surface area contributed by atoms with E-state index in [1.54, 1.807) is 36.4 Å². The van der Waals surface area contributed by atoms with Crippen LogP contribution >= 0.6 is 34.7 Å². The molecule has 2 N–H and O–H groups in total. The van der Waals surface area contributed by atoms with E-state index in [-0.39, 0.29) is 17.6 Å². The number of aryl methyl sites for hydroxylation is 1. The van der Waals surface area contributed by atoms with E-state index >= 15 is 0 Å². The van der Waals surface area contributed by atoms with Crippen molar-refractivity contribution in [3.8, 4) is 5.75 Å². The number of hydrogen-bond donors (Lipinski definition) is 2. The maximum Gasteiger partial charge on any atom is 0.257 e. The minimum absolute atomic E-state index is 0.157. The lowest BCUT2D eigenvalue weighted by molar-refractivity contribution is -0.113. The lowest BCUT2D eigenvalue weighted by Gasteiger charge is -2.06. The number of thioether (sulfide) groups is 1. The first-order chi connectivity index (χ1) is 13.9. The number of aromatic nitrogens is 2. The fourth-order valence-corrected chi connectivity index (χ4v) is 3.97. The van der Waals surface area contributed by atoms with Crippen molar-refractivity contribution in [3.63, 3.8) is 0 Å². The van der Waals surface area contributed by atoms with Crippen LogP contribution in [0.4, 0.5) is 10.8 Å². The fourth-order valence-electron chi connectivity index (χ4n) is 2.25. The highest BCUT2D eigenvalue weighted by molar-refractivity contribution is 8.01. The summed E-state index contributed by atoms with van der Waals surface area (Å²) in [4.78, 5) is 24.4. The van der Waals surface area contributed by atoms with Crippen molar-refractivity contribution in [3.05, 3.63) is 58.6 Å². The van der Waals surface area contributed by atoms with Crippen LogP contribution in [-0.2, 0) is 4.79 Å². The van der Waals surface area contributed by atoms with Crippen LogP contribution < -0.4 is 15.4 Å². The molecule has 0 fully saturated rings. The molecule has 10 heteroatoms. The predicted molar refractivity (Wildman–Crippen MR) is 116 cm³/mol. The molecule has 29 heavy (non-hydrogen) atoms. The molecule has 3 aromatic rings. The van der Waals surface area contributed by atoms with Crippen LogP contribution in [0.3, 0.4) is 0 Å². The molecule has 1 heterocycles. The molecule has 0 radical (unpaired) electrons. The van der Waals surface area contributed by atoms with Gasteiger partial charge in [0.05, 0.1) is 12.9 Å². The van der Waals surface area contributed by atoms with Crippen LogP contribution in [0.15, 0.2) is 46.8 Å². The number of carbonyl (C=O) groups excluding carboxylic acids is 2. The first-order valence-corrected chi connectivity index (χ1v) is 10.6. The second kappa shape index (κ2) is 9.73. The summed E-state index contributed by atoms with van der Waals surface area (Å²) in [5.74, 6) is 0.244. The molecule has 3 rings (SSSR count). The molecule has 0 aliphatic heterocycles. The summed E-state index contributed by atoms with van der Waals surface area (Å²) in [7, 11) is 1.54. The van der Waals surface area contributed by atoms with Gasteiger partial charge in [0.1, 0.15) is 5.75 Å². The molecule has 2 aromatic carbocycles. The number of nitrogens with zero attached hydrogens (tertiary/aromatic N) is 2. The normalized spacial score (nSPS) is 10.4. The van der Waals surface area contributed by atoms with Gasteiger partial charge in [-0.05, 0) is 42.8 Å². The maximum atomic E-state index is 12.3. The van der Waals surface area contributed by atoms with Gasteiger partial charge in [-0.15, -0.1) is 10.2 Å². The van der Waals surface area contributed by atoms with Crippen LogP contribution in [0.2, 0.25) is 5.02 Å². The van der Waals surface area contributed by atoms with Gasteiger partial charge in [-0.3, -0.25) is 14.9 Å². The summed E-state index contributed by atoms with van der Waals surface area (Å²) in [6.07, 6.45) is 0. The van der Waals surface area contributed by atoms with Crippen molar-refractivity contribution in [2.75, 3.05) is 23.5 Å². The van der Waals surface area contributed by atoms with Gasteiger partial charge in [0.15, 0.2) is 4.34 Å². The van der Waals surface area contributed by atoms with Crippen LogP contribution in [0, 0.1) is 6.92 Å². The smallest absolute Gasteiger partial charge is 0.257 e. The second-order valence-electron chi connectivity index (χ2n) is 5.86. The van der Waals surface area contributed by atoms with E-state index in [9.17, 15) is 9.59 Å². The molecule has 0 atom stereocenters. The van der Waals surface area contributed by atoms with E-state index in [0.29, 0.717) is 31.5 Å². The number of halogens is 1. The lowest BCUT2D eigenvalue weighted by Crippen LogP contribution is -2.13. The monoisotopic (exact) mass is 448 g/mol. The van der Waals surface area contributed by atoms with Crippen molar-refractivity contribution in [1.82, 2.24) is 10.2 Å². The SMILES string of the molecule is COc1cccc(C(=O)Nc2nnc(SCC(=O)Nc3ccc(C)c(Cl)c3)s2)c1. The predicted octanol–water partition coefficient (Wildman–Crippen LogP) is 4.49. The van der Waals surface area contributed by atoms with Gasteiger partial charge < -0.3 is 10.1 Å². The summed E-state index contributed by atoms with van der Waals surface area (Å²) in [6.45, 7) is 1.89.